The van der Waals surface area contributed by atoms with E-state index in [1.807, 2.05) is 55.6 Å². The highest BCUT2D eigenvalue weighted by Crippen LogP contribution is 2.32. The maximum atomic E-state index is 13.4. The highest BCUT2D eigenvalue weighted by Gasteiger charge is 2.19. The molecule has 188 valence electrons. The zero-order chi connectivity index (χ0) is 26.1. The summed E-state index contributed by atoms with van der Waals surface area (Å²) in [6.45, 7) is 5.66. The molecule has 0 bridgehead atoms. The Morgan fingerprint density at radius 2 is 1.92 bits per heavy atom. The van der Waals surface area contributed by atoms with Gasteiger partial charge in [-0.3, -0.25) is 14.2 Å². The van der Waals surface area contributed by atoms with Crippen molar-refractivity contribution in [1.29, 1.82) is 0 Å². The second kappa shape index (κ2) is 10.2. The van der Waals surface area contributed by atoms with Crippen molar-refractivity contribution in [3.8, 4) is 11.1 Å². The first-order valence-electron chi connectivity index (χ1n) is 11.7. The molecule has 37 heavy (non-hydrogen) atoms. The van der Waals surface area contributed by atoms with Gasteiger partial charge in [0, 0.05) is 10.9 Å². The molecule has 0 spiro atoms. The summed E-state index contributed by atoms with van der Waals surface area (Å²) >= 11 is 2.44. The van der Waals surface area contributed by atoms with Crippen LogP contribution in [0.25, 0.3) is 32.1 Å². The fraction of sp³-hybridized carbons (Fsp3) is 0.222. The molecule has 0 unspecified atom stereocenters. The summed E-state index contributed by atoms with van der Waals surface area (Å²) in [6.07, 6.45) is 1.38. The number of fused-ring (bicyclic) bond motifs is 2. The number of amides is 1. The van der Waals surface area contributed by atoms with Crippen molar-refractivity contribution in [3.63, 3.8) is 0 Å². The zero-order valence-corrected chi connectivity index (χ0v) is 22.1. The van der Waals surface area contributed by atoms with Crippen LogP contribution in [0.15, 0.2) is 59.0 Å². The summed E-state index contributed by atoms with van der Waals surface area (Å²) in [6, 6.07) is 14.1. The predicted octanol–water partition coefficient (Wildman–Crippen LogP) is 5.49. The number of esters is 1. The van der Waals surface area contributed by atoms with Crippen molar-refractivity contribution in [1.82, 2.24) is 14.5 Å². The van der Waals surface area contributed by atoms with Crippen LogP contribution in [0.4, 0.5) is 5.13 Å². The molecular formula is C27H24N4O4S2. The number of aromatic nitrogens is 3. The lowest BCUT2D eigenvalue weighted by Gasteiger charge is -2.07. The topological polar surface area (TPSA) is 103 Å². The zero-order valence-electron chi connectivity index (χ0n) is 20.5. The summed E-state index contributed by atoms with van der Waals surface area (Å²) in [7, 11) is 0. The Balaban J connectivity index is 1.37. The Labute approximate surface area is 220 Å². The highest BCUT2D eigenvalue weighted by molar-refractivity contribution is 7.17. The fourth-order valence-corrected chi connectivity index (χ4v) is 5.69. The number of hydrogen-bond donors (Lipinski definition) is 1. The van der Waals surface area contributed by atoms with Crippen LogP contribution in [0.3, 0.4) is 0 Å². The number of carbonyl (C=O) groups excluding carboxylic acids is 2. The standard InChI is InChI=1S/C27H24N4O4S2/c1-15(2)12-35-26(34)23-16(3)29-27(37-23)30-21(32)11-31-14-28-24-22(25(31)33)20(13-36-24)19-9-8-17-6-4-5-7-18(17)10-19/h4-10,13-15H,11-12H2,1-3H3,(H,29,30,32). The van der Waals surface area contributed by atoms with E-state index in [2.05, 4.69) is 21.4 Å². The molecule has 3 heterocycles. The molecule has 0 saturated carbocycles. The second-order valence-electron chi connectivity index (χ2n) is 9.04. The smallest absolute Gasteiger partial charge is 0.350 e. The molecule has 5 aromatic rings. The molecule has 0 fully saturated rings. The Kier molecular flexibility index (Phi) is 6.86. The minimum atomic E-state index is -0.464. The van der Waals surface area contributed by atoms with Gasteiger partial charge in [0.25, 0.3) is 5.56 Å². The third-order valence-electron chi connectivity index (χ3n) is 5.71. The average Bonchev–Trinajstić information content (AvgIpc) is 3.47. The SMILES string of the molecule is Cc1nc(NC(=O)Cn2cnc3scc(-c4ccc5ccccc5c4)c3c2=O)sc1C(=O)OCC(C)C. The number of ether oxygens (including phenoxy) is 1. The van der Waals surface area contributed by atoms with E-state index in [9.17, 15) is 14.4 Å². The van der Waals surface area contributed by atoms with E-state index in [4.69, 9.17) is 4.74 Å². The van der Waals surface area contributed by atoms with Crippen LogP contribution >= 0.6 is 22.7 Å². The van der Waals surface area contributed by atoms with Gasteiger partial charge in [-0.2, -0.15) is 0 Å². The van der Waals surface area contributed by atoms with Gasteiger partial charge in [0.15, 0.2) is 5.13 Å². The third kappa shape index (κ3) is 5.16. The molecule has 3 aromatic heterocycles. The summed E-state index contributed by atoms with van der Waals surface area (Å²) in [4.78, 5) is 48.1. The highest BCUT2D eigenvalue weighted by atomic mass is 32.1. The normalized spacial score (nSPS) is 11.4. The van der Waals surface area contributed by atoms with E-state index in [-0.39, 0.29) is 23.2 Å². The number of thiazole rings is 1. The Morgan fingerprint density at radius 1 is 1.14 bits per heavy atom. The van der Waals surface area contributed by atoms with Crippen molar-refractivity contribution < 1.29 is 14.3 Å². The van der Waals surface area contributed by atoms with Crippen molar-refractivity contribution in [2.45, 2.75) is 27.3 Å². The van der Waals surface area contributed by atoms with Gasteiger partial charge < -0.3 is 10.1 Å². The van der Waals surface area contributed by atoms with E-state index < -0.39 is 11.9 Å². The molecule has 8 nitrogen and oxygen atoms in total. The van der Waals surface area contributed by atoms with Crippen LogP contribution in [0.2, 0.25) is 0 Å². The summed E-state index contributed by atoms with van der Waals surface area (Å²) in [5.74, 6) is -0.694. The monoisotopic (exact) mass is 532 g/mol. The van der Waals surface area contributed by atoms with E-state index in [0.717, 1.165) is 33.2 Å². The van der Waals surface area contributed by atoms with Gasteiger partial charge in [-0.25, -0.2) is 14.8 Å². The van der Waals surface area contributed by atoms with Crippen molar-refractivity contribution in [3.05, 3.63) is 75.1 Å². The number of hydrogen-bond acceptors (Lipinski definition) is 8. The van der Waals surface area contributed by atoms with Crippen LogP contribution in [-0.2, 0) is 16.1 Å². The quantitative estimate of drug-likeness (QED) is 0.278. The van der Waals surface area contributed by atoms with E-state index in [0.29, 0.717) is 27.4 Å². The molecule has 10 heteroatoms. The molecule has 1 N–H and O–H groups in total. The first-order valence-corrected chi connectivity index (χ1v) is 13.4. The van der Waals surface area contributed by atoms with E-state index >= 15 is 0 Å². The number of rotatable bonds is 7. The van der Waals surface area contributed by atoms with Gasteiger partial charge >= 0.3 is 5.97 Å². The van der Waals surface area contributed by atoms with Crippen LogP contribution in [0.1, 0.15) is 29.2 Å². The Bertz CT molecular complexity index is 1700. The molecule has 0 aliphatic heterocycles. The lowest BCUT2D eigenvalue weighted by atomic mass is 10.0. The molecule has 0 radical (unpaired) electrons. The van der Waals surface area contributed by atoms with E-state index in [1.54, 1.807) is 6.92 Å². The number of thiophene rings is 1. The molecule has 1 amide bonds. The second-order valence-corrected chi connectivity index (χ2v) is 10.9. The van der Waals surface area contributed by atoms with Gasteiger partial charge in [0.1, 0.15) is 16.3 Å². The lowest BCUT2D eigenvalue weighted by molar-refractivity contribution is -0.116. The Hall–Kier alpha value is -3.89. The third-order valence-corrected chi connectivity index (χ3v) is 7.65. The minimum Gasteiger partial charge on any atom is -0.461 e. The molecular weight excluding hydrogens is 508 g/mol. The Morgan fingerprint density at radius 3 is 2.70 bits per heavy atom. The van der Waals surface area contributed by atoms with Gasteiger partial charge in [-0.05, 0) is 35.2 Å². The largest absolute Gasteiger partial charge is 0.461 e. The molecule has 0 saturated heterocycles. The summed E-state index contributed by atoms with van der Waals surface area (Å²) in [5, 5.41) is 7.55. The number of anilines is 1. The van der Waals surface area contributed by atoms with Gasteiger partial charge in [0.05, 0.1) is 24.0 Å². The van der Waals surface area contributed by atoms with E-state index in [1.165, 1.54) is 22.2 Å². The molecule has 0 aliphatic carbocycles. The average molecular weight is 533 g/mol. The summed E-state index contributed by atoms with van der Waals surface area (Å²) in [5.41, 5.74) is 1.89. The van der Waals surface area contributed by atoms with Gasteiger partial charge in [-0.15, -0.1) is 11.3 Å². The first-order chi connectivity index (χ1) is 17.8. The molecule has 0 atom stereocenters. The maximum Gasteiger partial charge on any atom is 0.350 e. The van der Waals surface area contributed by atoms with Crippen LogP contribution in [0.5, 0.6) is 0 Å². The van der Waals surface area contributed by atoms with Crippen molar-refractivity contribution in [2.75, 3.05) is 11.9 Å². The molecule has 2 aromatic carbocycles. The maximum absolute atomic E-state index is 13.4. The number of benzene rings is 2. The van der Waals surface area contributed by atoms with Gasteiger partial charge in [0.2, 0.25) is 5.91 Å². The number of nitrogens with zero attached hydrogens (tertiary/aromatic N) is 3. The van der Waals surface area contributed by atoms with Crippen LogP contribution in [0, 0.1) is 12.8 Å². The number of aryl methyl sites for hydroxylation is 1. The van der Waals surface area contributed by atoms with Gasteiger partial charge in [-0.1, -0.05) is 61.6 Å². The van der Waals surface area contributed by atoms with Crippen LogP contribution < -0.4 is 10.9 Å². The van der Waals surface area contributed by atoms with Crippen molar-refractivity contribution in [2.24, 2.45) is 5.92 Å². The predicted molar refractivity (Wildman–Crippen MR) is 147 cm³/mol. The molecule has 0 aliphatic rings. The first kappa shape index (κ1) is 24.8. The number of nitrogens with one attached hydrogen (secondary N) is 1. The molecule has 5 rings (SSSR count). The fourth-order valence-electron chi connectivity index (χ4n) is 3.91. The van der Waals surface area contributed by atoms with Crippen LogP contribution in [-0.4, -0.2) is 33.0 Å². The minimum absolute atomic E-state index is 0.214. The summed E-state index contributed by atoms with van der Waals surface area (Å²) < 4.78 is 6.56. The number of carbonyl (C=O) groups is 2. The van der Waals surface area contributed by atoms with Crippen molar-refractivity contribution >= 4 is 60.7 Å². The lowest BCUT2D eigenvalue weighted by Crippen LogP contribution is -2.27.